The van der Waals surface area contributed by atoms with Crippen LogP contribution in [0.3, 0.4) is 0 Å². The molecule has 0 saturated carbocycles. The number of hydrogen-bond donors (Lipinski definition) is 0. The van der Waals surface area contributed by atoms with Crippen molar-refractivity contribution in [2.75, 3.05) is 32.7 Å². The normalized spacial score (nSPS) is 16.8. The predicted octanol–water partition coefficient (Wildman–Crippen LogP) is 3.85. The molecule has 4 heteroatoms. The molecular weight excluding hydrogens is 336 g/mol. The van der Waals surface area contributed by atoms with Crippen molar-refractivity contribution in [3.05, 3.63) is 59.2 Å². The van der Waals surface area contributed by atoms with Crippen molar-refractivity contribution in [1.29, 1.82) is 0 Å². The second-order valence-corrected chi connectivity index (χ2v) is 7.44. The summed E-state index contributed by atoms with van der Waals surface area (Å²) in [4.78, 5) is 30.5. The van der Waals surface area contributed by atoms with Crippen LogP contribution in [0, 0.1) is 0 Å². The largest absolute Gasteiger partial charge is 0.337 e. The van der Waals surface area contributed by atoms with Gasteiger partial charge in [-0.15, -0.1) is 0 Å². The van der Waals surface area contributed by atoms with Gasteiger partial charge in [-0.05, 0) is 37.6 Å². The first-order valence-corrected chi connectivity index (χ1v) is 9.99. The topological polar surface area (TPSA) is 40.6 Å². The molecule has 140 valence electrons. The minimum atomic E-state index is 0.0249. The van der Waals surface area contributed by atoms with Crippen LogP contribution in [0.4, 0.5) is 0 Å². The lowest BCUT2D eigenvalue weighted by Gasteiger charge is -2.23. The molecule has 1 aliphatic heterocycles. The van der Waals surface area contributed by atoms with Crippen LogP contribution in [0.15, 0.2) is 42.5 Å². The third-order valence-corrected chi connectivity index (χ3v) is 5.68. The number of benzene rings is 2. The van der Waals surface area contributed by atoms with Gasteiger partial charge in [-0.25, -0.2) is 0 Å². The SMILES string of the molecule is CCCCN1CCCN(C(=O)c2cccc3c2-c2ccccc2C3=O)CC1. The Morgan fingerprint density at radius 3 is 2.52 bits per heavy atom. The van der Waals surface area contributed by atoms with Crippen molar-refractivity contribution in [1.82, 2.24) is 9.80 Å². The minimum absolute atomic E-state index is 0.0249. The lowest BCUT2D eigenvalue weighted by Crippen LogP contribution is -2.35. The van der Waals surface area contributed by atoms with Gasteiger partial charge in [0.05, 0.1) is 0 Å². The number of hydrogen-bond acceptors (Lipinski definition) is 3. The van der Waals surface area contributed by atoms with E-state index in [0.717, 1.165) is 50.3 Å². The van der Waals surface area contributed by atoms with Crippen molar-refractivity contribution in [2.45, 2.75) is 26.2 Å². The zero-order chi connectivity index (χ0) is 18.8. The molecule has 0 bridgehead atoms. The average molecular weight is 362 g/mol. The van der Waals surface area contributed by atoms with Crippen molar-refractivity contribution in [2.24, 2.45) is 0 Å². The maximum atomic E-state index is 13.3. The van der Waals surface area contributed by atoms with Gasteiger partial charge in [0.25, 0.3) is 5.91 Å². The van der Waals surface area contributed by atoms with Crippen molar-refractivity contribution < 1.29 is 9.59 Å². The first kappa shape index (κ1) is 17.9. The lowest BCUT2D eigenvalue weighted by atomic mass is 9.98. The maximum absolute atomic E-state index is 13.3. The maximum Gasteiger partial charge on any atom is 0.254 e. The first-order chi connectivity index (χ1) is 13.2. The van der Waals surface area contributed by atoms with Crippen molar-refractivity contribution in [3.8, 4) is 11.1 Å². The van der Waals surface area contributed by atoms with E-state index in [1.54, 1.807) is 0 Å². The molecule has 1 amide bonds. The highest BCUT2D eigenvalue weighted by Crippen LogP contribution is 2.39. The standard InChI is InChI=1S/C23H26N2O2/c1-2-3-12-24-13-7-14-25(16-15-24)23(27)20-11-6-10-19-21(20)17-8-4-5-9-18(17)22(19)26/h4-6,8-11H,2-3,7,12-16H2,1H3. The molecule has 0 atom stereocenters. The molecule has 0 unspecified atom stereocenters. The fourth-order valence-electron chi connectivity index (χ4n) is 4.20. The molecule has 0 aromatic heterocycles. The number of rotatable bonds is 4. The van der Waals surface area contributed by atoms with Crippen LogP contribution in [0.1, 0.15) is 52.5 Å². The van der Waals surface area contributed by atoms with Crippen LogP contribution in [-0.2, 0) is 0 Å². The molecule has 1 saturated heterocycles. The van der Waals surface area contributed by atoms with Gasteiger partial charge in [-0.2, -0.15) is 0 Å². The van der Waals surface area contributed by atoms with Crippen LogP contribution < -0.4 is 0 Å². The molecule has 4 nitrogen and oxygen atoms in total. The quantitative estimate of drug-likeness (QED) is 0.708. The van der Waals surface area contributed by atoms with E-state index < -0.39 is 0 Å². The summed E-state index contributed by atoms with van der Waals surface area (Å²) in [6.07, 6.45) is 3.40. The monoisotopic (exact) mass is 362 g/mol. The van der Waals surface area contributed by atoms with Gasteiger partial charge in [-0.1, -0.05) is 49.7 Å². The lowest BCUT2D eigenvalue weighted by molar-refractivity contribution is 0.0762. The van der Waals surface area contributed by atoms with E-state index in [9.17, 15) is 9.59 Å². The Kier molecular flexibility index (Phi) is 5.08. The Balaban J connectivity index is 1.61. The summed E-state index contributed by atoms with van der Waals surface area (Å²) in [5.41, 5.74) is 3.72. The molecule has 0 spiro atoms. The summed E-state index contributed by atoms with van der Waals surface area (Å²) < 4.78 is 0. The number of amides is 1. The molecular formula is C23H26N2O2. The van der Waals surface area contributed by atoms with E-state index in [2.05, 4.69) is 11.8 Å². The number of unbranched alkanes of at least 4 members (excludes halogenated alkanes) is 1. The molecule has 1 aliphatic carbocycles. The van der Waals surface area contributed by atoms with E-state index in [0.29, 0.717) is 16.7 Å². The molecule has 1 fully saturated rings. The van der Waals surface area contributed by atoms with E-state index in [-0.39, 0.29) is 11.7 Å². The average Bonchev–Trinajstić information content (AvgIpc) is 2.86. The number of carbonyl (C=O) groups is 2. The first-order valence-electron chi connectivity index (χ1n) is 9.99. The van der Waals surface area contributed by atoms with Gasteiger partial charge in [0.1, 0.15) is 0 Å². The molecule has 2 aromatic rings. The van der Waals surface area contributed by atoms with Crippen LogP contribution in [0.2, 0.25) is 0 Å². The molecule has 27 heavy (non-hydrogen) atoms. The molecule has 0 N–H and O–H groups in total. The summed E-state index contributed by atoms with van der Waals surface area (Å²) in [5, 5.41) is 0. The highest BCUT2D eigenvalue weighted by molar-refractivity contribution is 6.24. The number of ketones is 1. The Hall–Kier alpha value is -2.46. The van der Waals surface area contributed by atoms with E-state index in [1.165, 1.54) is 12.8 Å². The summed E-state index contributed by atoms with van der Waals surface area (Å²) in [5.74, 6) is 0.0746. The summed E-state index contributed by atoms with van der Waals surface area (Å²) in [6.45, 7) is 6.83. The van der Waals surface area contributed by atoms with Crippen LogP contribution in [-0.4, -0.2) is 54.2 Å². The Morgan fingerprint density at radius 1 is 0.926 bits per heavy atom. The third-order valence-electron chi connectivity index (χ3n) is 5.68. The van der Waals surface area contributed by atoms with Crippen LogP contribution >= 0.6 is 0 Å². The highest BCUT2D eigenvalue weighted by Gasteiger charge is 2.31. The minimum Gasteiger partial charge on any atom is -0.337 e. The van der Waals surface area contributed by atoms with Crippen molar-refractivity contribution in [3.63, 3.8) is 0 Å². The summed E-state index contributed by atoms with van der Waals surface area (Å²) in [6, 6.07) is 13.2. The zero-order valence-electron chi connectivity index (χ0n) is 15.9. The molecule has 2 aromatic carbocycles. The van der Waals surface area contributed by atoms with Gasteiger partial charge in [0.2, 0.25) is 0 Å². The predicted molar refractivity (Wildman–Crippen MR) is 107 cm³/mol. The second kappa shape index (κ2) is 7.65. The van der Waals surface area contributed by atoms with Gasteiger partial charge >= 0.3 is 0 Å². The number of carbonyl (C=O) groups excluding carboxylic acids is 2. The molecule has 1 heterocycles. The molecule has 0 radical (unpaired) electrons. The summed E-state index contributed by atoms with van der Waals surface area (Å²) >= 11 is 0. The third kappa shape index (κ3) is 3.30. The van der Waals surface area contributed by atoms with E-state index in [1.807, 2.05) is 47.4 Å². The van der Waals surface area contributed by atoms with Gasteiger partial charge in [0, 0.05) is 41.9 Å². The molecule has 4 rings (SSSR count). The van der Waals surface area contributed by atoms with E-state index >= 15 is 0 Å². The van der Waals surface area contributed by atoms with Crippen LogP contribution in [0.5, 0.6) is 0 Å². The second-order valence-electron chi connectivity index (χ2n) is 7.44. The van der Waals surface area contributed by atoms with Crippen LogP contribution in [0.25, 0.3) is 11.1 Å². The van der Waals surface area contributed by atoms with E-state index in [4.69, 9.17) is 0 Å². The Morgan fingerprint density at radius 2 is 1.70 bits per heavy atom. The Labute approximate surface area is 160 Å². The van der Waals surface area contributed by atoms with Gasteiger partial charge < -0.3 is 9.80 Å². The molecule has 2 aliphatic rings. The van der Waals surface area contributed by atoms with Crippen molar-refractivity contribution >= 4 is 11.7 Å². The summed E-state index contributed by atoms with van der Waals surface area (Å²) in [7, 11) is 0. The fourth-order valence-corrected chi connectivity index (χ4v) is 4.20. The highest BCUT2D eigenvalue weighted by atomic mass is 16.2. The zero-order valence-corrected chi connectivity index (χ0v) is 15.9. The van der Waals surface area contributed by atoms with Gasteiger partial charge in [-0.3, -0.25) is 9.59 Å². The fraction of sp³-hybridized carbons (Fsp3) is 0.391. The number of nitrogens with zero attached hydrogens (tertiary/aromatic N) is 2. The van der Waals surface area contributed by atoms with Gasteiger partial charge in [0.15, 0.2) is 5.78 Å². The smallest absolute Gasteiger partial charge is 0.254 e. The number of fused-ring (bicyclic) bond motifs is 3. The Bertz CT molecular complexity index is 874.